The fraction of sp³-hybridized carbons (Fsp3) is 0.357. The van der Waals surface area contributed by atoms with Gasteiger partial charge in [-0.1, -0.05) is 32.9 Å². The molecule has 2 rings (SSSR count). The Kier molecular flexibility index (Phi) is 3.74. The predicted molar refractivity (Wildman–Crippen MR) is 72.5 cm³/mol. The average molecular weight is 275 g/mol. The summed E-state index contributed by atoms with van der Waals surface area (Å²) in [6.45, 7) is 6.24. The van der Waals surface area contributed by atoms with Crippen LogP contribution in [0.4, 0.5) is 0 Å². The third-order valence-electron chi connectivity index (χ3n) is 2.84. The lowest BCUT2D eigenvalue weighted by molar-refractivity contribution is -0.150. The largest absolute Gasteiger partial charge is 0.477 e. The fourth-order valence-corrected chi connectivity index (χ4v) is 1.72. The smallest absolute Gasteiger partial charge is 0.368 e. The molecule has 0 aliphatic rings. The fourth-order valence-electron chi connectivity index (χ4n) is 1.72. The van der Waals surface area contributed by atoms with Crippen LogP contribution in [0.5, 0.6) is 5.75 Å². The number of aliphatic carboxylic acids is 1. The van der Waals surface area contributed by atoms with Crippen LogP contribution >= 0.6 is 0 Å². The Morgan fingerprint density at radius 2 is 2.15 bits per heavy atom. The SMILES string of the molecule is CC(C)(C)c1cccc(OC(C(=O)O)n2cncn2)c1. The molecule has 0 saturated heterocycles. The number of hydrogen-bond donors (Lipinski definition) is 1. The van der Waals surface area contributed by atoms with Crippen molar-refractivity contribution >= 4 is 5.97 Å². The minimum absolute atomic E-state index is 0.0364. The molecule has 0 spiro atoms. The van der Waals surface area contributed by atoms with Gasteiger partial charge in [0.15, 0.2) is 0 Å². The molecule has 106 valence electrons. The number of carbonyl (C=O) groups is 1. The lowest BCUT2D eigenvalue weighted by Crippen LogP contribution is -2.25. The van der Waals surface area contributed by atoms with Gasteiger partial charge in [-0.05, 0) is 23.1 Å². The minimum Gasteiger partial charge on any atom is -0.477 e. The molecule has 1 N–H and O–H groups in total. The van der Waals surface area contributed by atoms with Crippen LogP contribution in [-0.4, -0.2) is 25.8 Å². The maximum absolute atomic E-state index is 11.3. The topological polar surface area (TPSA) is 77.2 Å². The summed E-state index contributed by atoms with van der Waals surface area (Å²) in [6.07, 6.45) is 1.35. The number of aromatic nitrogens is 3. The van der Waals surface area contributed by atoms with E-state index in [1.54, 1.807) is 6.07 Å². The summed E-state index contributed by atoms with van der Waals surface area (Å²) in [5, 5.41) is 13.0. The molecule has 0 saturated carbocycles. The zero-order valence-corrected chi connectivity index (χ0v) is 11.6. The summed E-state index contributed by atoms with van der Waals surface area (Å²) in [6, 6.07) is 7.39. The van der Waals surface area contributed by atoms with Crippen LogP contribution in [0.2, 0.25) is 0 Å². The maximum Gasteiger partial charge on any atom is 0.368 e. The third kappa shape index (κ3) is 3.14. The number of benzene rings is 1. The van der Waals surface area contributed by atoms with Crippen molar-refractivity contribution in [1.29, 1.82) is 0 Å². The Hall–Kier alpha value is -2.37. The highest BCUT2D eigenvalue weighted by molar-refractivity contribution is 5.70. The van der Waals surface area contributed by atoms with E-state index in [9.17, 15) is 9.90 Å². The van der Waals surface area contributed by atoms with E-state index in [-0.39, 0.29) is 5.41 Å². The second kappa shape index (κ2) is 5.32. The average Bonchev–Trinajstić information content (AvgIpc) is 2.88. The first-order valence-corrected chi connectivity index (χ1v) is 6.22. The Morgan fingerprint density at radius 1 is 1.40 bits per heavy atom. The summed E-state index contributed by atoms with van der Waals surface area (Å²) < 4.78 is 6.68. The van der Waals surface area contributed by atoms with Crippen LogP contribution in [0, 0.1) is 0 Å². The zero-order chi connectivity index (χ0) is 14.8. The van der Waals surface area contributed by atoms with E-state index < -0.39 is 12.2 Å². The molecule has 6 nitrogen and oxygen atoms in total. The highest BCUT2D eigenvalue weighted by Gasteiger charge is 2.23. The number of rotatable bonds is 4. The van der Waals surface area contributed by atoms with Gasteiger partial charge in [0, 0.05) is 0 Å². The first kappa shape index (κ1) is 14.0. The summed E-state index contributed by atoms with van der Waals surface area (Å²) >= 11 is 0. The minimum atomic E-state index is -1.23. The summed E-state index contributed by atoms with van der Waals surface area (Å²) in [7, 11) is 0. The van der Waals surface area contributed by atoms with Gasteiger partial charge >= 0.3 is 5.97 Å². The molecule has 1 atom stereocenters. The van der Waals surface area contributed by atoms with Crippen LogP contribution in [0.25, 0.3) is 0 Å². The van der Waals surface area contributed by atoms with Crippen LogP contribution < -0.4 is 4.74 Å². The Labute approximate surface area is 117 Å². The Balaban J connectivity index is 2.26. The van der Waals surface area contributed by atoms with Crippen molar-refractivity contribution in [3.8, 4) is 5.75 Å². The highest BCUT2D eigenvalue weighted by atomic mass is 16.5. The van der Waals surface area contributed by atoms with Crippen LogP contribution in [0.15, 0.2) is 36.9 Å². The number of hydrogen-bond acceptors (Lipinski definition) is 4. The molecule has 0 fully saturated rings. The maximum atomic E-state index is 11.3. The normalized spacial score (nSPS) is 12.9. The number of ether oxygens (including phenoxy) is 1. The summed E-state index contributed by atoms with van der Waals surface area (Å²) in [5.41, 5.74) is 1.03. The predicted octanol–water partition coefficient (Wildman–Crippen LogP) is 2.24. The van der Waals surface area contributed by atoms with Gasteiger partial charge in [0.25, 0.3) is 6.23 Å². The van der Waals surface area contributed by atoms with Gasteiger partial charge < -0.3 is 9.84 Å². The van der Waals surface area contributed by atoms with Gasteiger partial charge in [-0.25, -0.2) is 14.5 Å². The van der Waals surface area contributed by atoms with Crippen molar-refractivity contribution in [3.05, 3.63) is 42.5 Å². The van der Waals surface area contributed by atoms with Crippen molar-refractivity contribution < 1.29 is 14.6 Å². The molecular weight excluding hydrogens is 258 g/mol. The third-order valence-corrected chi connectivity index (χ3v) is 2.84. The van der Waals surface area contributed by atoms with E-state index in [0.717, 1.165) is 10.2 Å². The molecule has 1 aromatic heterocycles. The molecule has 6 heteroatoms. The molecular formula is C14H17N3O3. The van der Waals surface area contributed by atoms with Gasteiger partial charge in [-0.2, -0.15) is 5.10 Å². The van der Waals surface area contributed by atoms with Crippen molar-refractivity contribution in [3.63, 3.8) is 0 Å². The molecule has 0 radical (unpaired) electrons. The van der Waals surface area contributed by atoms with Crippen molar-refractivity contribution in [2.24, 2.45) is 0 Å². The van der Waals surface area contributed by atoms with E-state index in [1.807, 2.05) is 18.2 Å². The Bertz CT molecular complexity index is 588. The van der Waals surface area contributed by atoms with Crippen molar-refractivity contribution in [2.75, 3.05) is 0 Å². The molecule has 20 heavy (non-hydrogen) atoms. The molecule has 0 bridgehead atoms. The van der Waals surface area contributed by atoms with Gasteiger partial charge in [-0.3, -0.25) is 0 Å². The molecule has 0 aliphatic carbocycles. The second-order valence-corrected chi connectivity index (χ2v) is 5.46. The van der Waals surface area contributed by atoms with Crippen LogP contribution in [-0.2, 0) is 10.2 Å². The quantitative estimate of drug-likeness (QED) is 0.925. The van der Waals surface area contributed by atoms with Crippen molar-refractivity contribution in [2.45, 2.75) is 32.4 Å². The summed E-state index contributed by atoms with van der Waals surface area (Å²) in [5.74, 6) is -0.642. The molecule has 1 aromatic carbocycles. The lowest BCUT2D eigenvalue weighted by Gasteiger charge is -2.21. The van der Waals surface area contributed by atoms with Gasteiger partial charge in [0.05, 0.1) is 0 Å². The van der Waals surface area contributed by atoms with E-state index in [0.29, 0.717) is 5.75 Å². The van der Waals surface area contributed by atoms with Crippen molar-refractivity contribution in [1.82, 2.24) is 14.8 Å². The van der Waals surface area contributed by atoms with Gasteiger partial charge in [-0.15, -0.1) is 0 Å². The molecule has 1 unspecified atom stereocenters. The van der Waals surface area contributed by atoms with Crippen LogP contribution in [0.3, 0.4) is 0 Å². The monoisotopic (exact) mass is 275 g/mol. The van der Waals surface area contributed by atoms with E-state index >= 15 is 0 Å². The van der Waals surface area contributed by atoms with Gasteiger partial charge in [0.1, 0.15) is 18.4 Å². The van der Waals surface area contributed by atoms with E-state index in [2.05, 4.69) is 30.9 Å². The molecule has 0 aliphatic heterocycles. The summed E-state index contributed by atoms with van der Waals surface area (Å²) in [4.78, 5) is 15.0. The number of nitrogens with zero attached hydrogens (tertiary/aromatic N) is 3. The number of carboxylic acids is 1. The van der Waals surface area contributed by atoms with Gasteiger partial charge in [0.2, 0.25) is 0 Å². The highest BCUT2D eigenvalue weighted by Crippen LogP contribution is 2.27. The number of carboxylic acid groups (broad SMARTS) is 1. The Morgan fingerprint density at radius 3 is 2.70 bits per heavy atom. The molecule has 2 aromatic rings. The molecule has 0 amide bonds. The van der Waals surface area contributed by atoms with Crippen LogP contribution in [0.1, 0.15) is 32.6 Å². The standard InChI is InChI=1S/C14H17N3O3/c1-14(2,3)10-5-4-6-11(7-10)20-12(13(18)19)17-9-15-8-16-17/h4-9,12H,1-3H3,(H,18,19). The molecule has 1 heterocycles. The second-order valence-electron chi connectivity index (χ2n) is 5.46. The zero-order valence-electron chi connectivity index (χ0n) is 11.6. The van der Waals surface area contributed by atoms with E-state index in [1.165, 1.54) is 12.7 Å². The van der Waals surface area contributed by atoms with E-state index in [4.69, 9.17) is 4.74 Å². The lowest BCUT2D eigenvalue weighted by atomic mass is 9.87. The first-order chi connectivity index (χ1) is 9.38. The first-order valence-electron chi connectivity index (χ1n) is 6.22.